The third kappa shape index (κ3) is 1.49. The molecule has 0 aromatic rings. The minimum Gasteiger partial charge on any atom is -0.389 e. The first kappa shape index (κ1) is 10.4. The van der Waals surface area contributed by atoms with Crippen LogP contribution in [0, 0.1) is 17.8 Å². The van der Waals surface area contributed by atoms with Crippen LogP contribution in [0.15, 0.2) is 0 Å². The van der Waals surface area contributed by atoms with Gasteiger partial charge in [0.1, 0.15) is 0 Å². The molecule has 2 heteroatoms. The fourth-order valence-corrected chi connectivity index (χ4v) is 3.76. The van der Waals surface area contributed by atoms with E-state index in [1.165, 1.54) is 19.3 Å². The Morgan fingerprint density at radius 2 is 2.29 bits per heavy atom. The molecule has 4 atom stereocenters. The van der Waals surface area contributed by atoms with Crippen molar-refractivity contribution in [2.45, 2.75) is 51.0 Å². The molecule has 0 saturated heterocycles. The fourth-order valence-electron chi connectivity index (χ4n) is 3.76. The highest BCUT2D eigenvalue weighted by molar-refractivity contribution is 5.04. The molecule has 0 aliphatic heterocycles. The van der Waals surface area contributed by atoms with Gasteiger partial charge in [-0.2, -0.15) is 0 Å². The molecule has 4 unspecified atom stereocenters. The molecule has 2 rings (SSSR count). The Kier molecular flexibility index (Phi) is 2.85. The summed E-state index contributed by atoms with van der Waals surface area (Å²) in [6.45, 7) is 2.84. The molecule has 0 heterocycles. The van der Waals surface area contributed by atoms with E-state index in [1.807, 2.05) is 0 Å². The summed E-state index contributed by atoms with van der Waals surface area (Å²) in [7, 11) is 0. The van der Waals surface area contributed by atoms with Crippen LogP contribution >= 0.6 is 0 Å². The molecule has 0 amide bonds. The van der Waals surface area contributed by atoms with E-state index in [1.54, 1.807) is 0 Å². The third-order valence-corrected chi connectivity index (χ3v) is 4.49. The first-order valence-electron chi connectivity index (χ1n) is 6.13. The van der Waals surface area contributed by atoms with Gasteiger partial charge in [0.25, 0.3) is 0 Å². The van der Waals surface area contributed by atoms with E-state index >= 15 is 0 Å². The van der Waals surface area contributed by atoms with Gasteiger partial charge in [-0.1, -0.05) is 13.3 Å². The molecule has 14 heavy (non-hydrogen) atoms. The normalized spacial score (nSPS) is 43.1. The number of rotatable bonds is 4. The molecular weight excluding hydrogens is 174 g/mol. The van der Waals surface area contributed by atoms with Crippen LogP contribution < -0.4 is 5.73 Å². The molecule has 2 nitrogen and oxygen atoms in total. The number of nitrogens with two attached hydrogens (primary N) is 1. The first-order chi connectivity index (χ1) is 6.70. The van der Waals surface area contributed by atoms with Crippen molar-refractivity contribution in [1.82, 2.24) is 0 Å². The zero-order chi connectivity index (χ0) is 10.2. The molecule has 82 valence electrons. The van der Waals surface area contributed by atoms with Crippen molar-refractivity contribution in [3.8, 4) is 0 Å². The van der Waals surface area contributed by atoms with Gasteiger partial charge in [0.2, 0.25) is 0 Å². The van der Waals surface area contributed by atoms with E-state index < -0.39 is 5.60 Å². The van der Waals surface area contributed by atoms with Gasteiger partial charge in [-0.3, -0.25) is 0 Å². The van der Waals surface area contributed by atoms with Gasteiger partial charge in [0.15, 0.2) is 0 Å². The summed E-state index contributed by atoms with van der Waals surface area (Å²) in [6, 6.07) is 0. The van der Waals surface area contributed by atoms with E-state index in [0.717, 1.165) is 25.2 Å². The third-order valence-electron chi connectivity index (χ3n) is 4.49. The Labute approximate surface area is 86.9 Å². The van der Waals surface area contributed by atoms with Crippen LogP contribution in [0.4, 0.5) is 0 Å². The second-order valence-electron chi connectivity index (χ2n) is 5.29. The van der Waals surface area contributed by atoms with E-state index in [0.29, 0.717) is 18.4 Å². The van der Waals surface area contributed by atoms with Gasteiger partial charge in [0.05, 0.1) is 5.60 Å². The molecule has 2 saturated carbocycles. The van der Waals surface area contributed by atoms with Gasteiger partial charge in [0, 0.05) is 5.92 Å². The molecule has 0 radical (unpaired) electrons. The highest BCUT2D eigenvalue weighted by atomic mass is 16.3. The van der Waals surface area contributed by atoms with E-state index in [2.05, 4.69) is 6.92 Å². The van der Waals surface area contributed by atoms with Gasteiger partial charge in [-0.05, 0) is 50.5 Å². The summed E-state index contributed by atoms with van der Waals surface area (Å²) >= 11 is 0. The Morgan fingerprint density at radius 1 is 1.50 bits per heavy atom. The van der Waals surface area contributed by atoms with Crippen LogP contribution in [0.3, 0.4) is 0 Å². The lowest BCUT2D eigenvalue weighted by Crippen LogP contribution is -2.46. The van der Waals surface area contributed by atoms with Crippen molar-refractivity contribution in [3.63, 3.8) is 0 Å². The average Bonchev–Trinajstić information content (AvgIpc) is 2.73. The average molecular weight is 197 g/mol. The molecule has 2 aliphatic carbocycles. The van der Waals surface area contributed by atoms with Crippen LogP contribution in [0.1, 0.15) is 45.4 Å². The van der Waals surface area contributed by atoms with Crippen molar-refractivity contribution in [2.24, 2.45) is 23.5 Å². The largest absolute Gasteiger partial charge is 0.389 e. The van der Waals surface area contributed by atoms with E-state index in [4.69, 9.17) is 5.73 Å². The summed E-state index contributed by atoms with van der Waals surface area (Å²) in [5.74, 6) is 1.71. The molecule has 0 aromatic carbocycles. The zero-order valence-corrected chi connectivity index (χ0v) is 9.21. The lowest BCUT2D eigenvalue weighted by Gasteiger charge is -2.39. The second-order valence-corrected chi connectivity index (χ2v) is 5.29. The Morgan fingerprint density at radius 3 is 2.71 bits per heavy atom. The molecule has 0 aromatic heterocycles. The maximum Gasteiger partial charge on any atom is 0.0718 e. The molecule has 0 spiro atoms. The van der Waals surface area contributed by atoms with Crippen LogP contribution in [-0.2, 0) is 0 Å². The van der Waals surface area contributed by atoms with E-state index in [-0.39, 0.29) is 0 Å². The van der Waals surface area contributed by atoms with Crippen molar-refractivity contribution >= 4 is 0 Å². The summed E-state index contributed by atoms with van der Waals surface area (Å²) in [5.41, 5.74) is 5.40. The van der Waals surface area contributed by atoms with Crippen LogP contribution in [0.5, 0.6) is 0 Å². The Bertz CT molecular complexity index is 206. The summed E-state index contributed by atoms with van der Waals surface area (Å²) in [4.78, 5) is 0. The highest BCUT2D eigenvalue weighted by Gasteiger charge is 2.52. The molecule has 2 bridgehead atoms. The van der Waals surface area contributed by atoms with Gasteiger partial charge < -0.3 is 10.8 Å². The van der Waals surface area contributed by atoms with Gasteiger partial charge in [-0.25, -0.2) is 0 Å². The first-order valence-corrected chi connectivity index (χ1v) is 6.13. The number of fused-ring (bicyclic) bond motifs is 2. The minimum absolute atomic E-state index is 0.350. The monoisotopic (exact) mass is 197 g/mol. The summed E-state index contributed by atoms with van der Waals surface area (Å²) < 4.78 is 0. The SMILES string of the molecule is CCCC(CN)C1(O)CC2CCC1C2. The van der Waals surface area contributed by atoms with Crippen LogP contribution in [0.25, 0.3) is 0 Å². The van der Waals surface area contributed by atoms with Crippen LogP contribution in [-0.4, -0.2) is 17.3 Å². The smallest absolute Gasteiger partial charge is 0.0718 e. The lowest BCUT2D eigenvalue weighted by molar-refractivity contribution is -0.0646. The molecule has 3 N–H and O–H groups in total. The Hall–Kier alpha value is -0.0800. The van der Waals surface area contributed by atoms with Crippen LogP contribution in [0.2, 0.25) is 0 Å². The standard InChI is InChI=1S/C12H23NO/c1-2-3-11(8-13)12(14)7-9-4-5-10(12)6-9/h9-11,14H,2-8,13H2,1H3. The van der Waals surface area contributed by atoms with Gasteiger partial charge >= 0.3 is 0 Å². The van der Waals surface area contributed by atoms with Crippen molar-refractivity contribution in [1.29, 1.82) is 0 Å². The van der Waals surface area contributed by atoms with Gasteiger partial charge in [-0.15, -0.1) is 0 Å². The van der Waals surface area contributed by atoms with Crippen molar-refractivity contribution in [3.05, 3.63) is 0 Å². The second kappa shape index (κ2) is 3.82. The summed E-state index contributed by atoms with van der Waals surface area (Å²) in [6.07, 6.45) is 7.10. The lowest BCUT2D eigenvalue weighted by atomic mass is 9.73. The zero-order valence-electron chi connectivity index (χ0n) is 9.21. The minimum atomic E-state index is -0.395. The maximum absolute atomic E-state index is 10.7. The predicted octanol–water partition coefficient (Wildman–Crippen LogP) is 1.91. The van der Waals surface area contributed by atoms with E-state index in [9.17, 15) is 5.11 Å². The molecule has 2 aliphatic rings. The van der Waals surface area contributed by atoms with Crippen molar-refractivity contribution in [2.75, 3.05) is 6.54 Å². The number of hydrogen-bond donors (Lipinski definition) is 2. The summed E-state index contributed by atoms with van der Waals surface area (Å²) in [5, 5.41) is 10.7. The van der Waals surface area contributed by atoms with Crippen molar-refractivity contribution < 1.29 is 5.11 Å². The molecule has 2 fully saturated rings. The Balaban J connectivity index is 2.07. The predicted molar refractivity (Wildman–Crippen MR) is 57.9 cm³/mol. The number of hydrogen-bond acceptors (Lipinski definition) is 2. The topological polar surface area (TPSA) is 46.2 Å². The highest BCUT2D eigenvalue weighted by Crippen LogP contribution is 2.54. The molecular formula is C12H23NO. The number of aliphatic hydroxyl groups is 1. The fraction of sp³-hybridized carbons (Fsp3) is 1.00. The quantitative estimate of drug-likeness (QED) is 0.723. The maximum atomic E-state index is 10.7.